The number of aryl methyl sites for hydroxylation is 1. The van der Waals surface area contributed by atoms with Gasteiger partial charge in [-0.05, 0) is 65.0 Å². The minimum atomic E-state index is -0.282. The van der Waals surface area contributed by atoms with Crippen LogP contribution >= 0.6 is 0 Å². The second kappa shape index (κ2) is 8.32. The van der Waals surface area contributed by atoms with Crippen molar-refractivity contribution in [2.75, 3.05) is 40.8 Å². The zero-order chi connectivity index (χ0) is 21.4. The van der Waals surface area contributed by atoms with E-state index >= 15 is 0 Å². The Hall–Kier alpha value is -0.900. The summed E-state index contributed by atoms with van der Waals surface area (Å²) in [6.45, 7) is 12.1. The lowest BCUT2D eigenvalue weighted by atomic mass is 9.49. The van der Waals surface area contributed by atoms with Crippen LogP contribution in [-0.2, 0) is 11.8 Å². The van der Waals surface area contributed by atoms with Crippen LogP contribution in [0.25, 0.3) is 0 Å². The Morgan fingerprint density at radius 3 is 2.55 bits per heavy atom. The van der Waals surface area contributed by atoms with Crippen molar-refractivity contribution >= 4 is 0 Å². The smallest absolute Gasteiger partial charge is 0.115 e. The Kier molecular flexibility index (Phi) is 6.54. The van der Waals surface area contributed by atoms with E-state index in [1.54, 1.807) is 11.1 Å². The Morgan fingerprint density at radius 1 is 1.17 bits per heavy atom. The monoisotopic (exact) mass is 401 g/mol. The molecule has 164 valence electrons. The van der Waals surface area contributed by atoms with Crippen LogP contribution in [0, 0.1) is 11.3 Å². The quantitative estimate of drug-likeness (QED) is 0.661. The second-order valence-electron chi connectivity index (χ2n) is 11.8. The van der Waals surface area contributed by atoms with Crippen molar-refractivity contribution in [2.45, 2.75) is 77.2 Å². The van der Waals surface area contributed by atoms with Gasteiger partial charge in [-0.25, -0.2) is 0 Å². The Labute approximate surface area is 179 Å². The summed E-state index contributed by atoms with van der Waals surface area (Å²) in [6, 6.07) is 7.33. The number of aliphatic hydroxyl groups is 1. The minimum absolute atomic E-state index is 0.282. The van der Waals surface area contributed by atoms with Gasteiger partial charge in [0.15, 0.2) is 0 Å². The largest absolute Gasteiger partial charge is 0.386 e. The number of nitrogens with zero attached hydrogens (tertiary/aromatic N) is 1. The van der Waals surface area contributed by atoms with Crippen molar-refractivity contribution in [1.29, 1.82) is 0 Å². The normalized spacial score (nSPS) is 30.7. The number of fused-ring (bicyclic) bond motifs is 3. The molecule has 0 aliphatic heterocycles. The number of nitrogens with one attached hydrogen (secondary N) is 1. The molecular formula is C26H45N2O+. The Bertz CT molecular complexity index is 707. The first-order valence-corrected chi connectivity index (χ1v) is 11.8. The summed E-state index contributed by atoms with van der Waals surface area (Å²) in [7, 11) is 6.42. The van der Waals surface area contributed by atoms with Gasteiger partial charge in [0, 0.05) is 13.1 Å². The van der Waals surface area contributed by atoms with E-state index in [-0.39, 0.29) is 6.10 Å². The van der Waals surface area contributed by atoms with E-state index in [4.69, 9.17) is 0 Å². The standard InChI is InChI=1S/C26H45N2O/c1-19(2)20-9-11-23-21(15-20)10-12-24-25(3,13-8-14-26(23,24)4)18-27-16-22(29)17-28(5,6)7/h9,11,15,19,22,24,27,29H,8,10,12-14,16-18H2,1-7H3/q+1/t22?,24-,25-,26+/m0/s1. The van der Waals surface area contributed by atoms with E-state index < -0.39 is 0 Å². The van der Waals surface area contributed by atoms with Gasteiger partial charge in [-0.15, -0.1) is 0 Å². The summed E-state index contributed by atoms with van der Waals surface area (Å²) in [5.41, 5.74) is 5.30. The molecule has 2 aliphatic rings. The molecule has 0 radical (unpaired) electrons. The summed E-state index contributed by atoms with van der Waals surface area (Å²) in [6.07, 6.45) is 6.14. The number of hydrogen-bond donors (Lipinski definition) is 2. The van der Waals surface area contributed by atoms with Crippen LogP contribution in [-0.4, -0.2) is 56.5 Å². The van der Waals surface area contributed by atoms with E-state index in [0.717, 1.165) is 17.6 Å². The zero-order valence-electron chi connectivity index (χ0n) is 20.0. The van der Waals surface area contributed by atoms with Gasteiger partial charge in [-0.1, -0.05) is 52.3 Å². The van der Waals surface area contributed by atoms with Crippen molar-refractivity contribution in [3.63, 3.8) is 0 Å². The number of aliphatic hydroxyl groups excluding tert-OH is 1. The van der Waals surface area contributed by atoms with Gasteiger partial charge in [0.2, 0.25) is 0 Å². The van der Waals surface area contributed by atoms with Gasteiger partial charge < -0.3 is 14.9 Å². The molecule has 3 rings (SSSR count). The van der Waals surface area contributed by atoms with Crippen molar-refractivity contribution in [3.05, 3.63) is 34.9 Å². The van der Waals surface area contributed by atoms with Crippen LogP contribution in [0.15, 0.2) is 18.2 Å². The molecule has 1 unspecified atom stereocenters. The lowest BCUT2D eigenvalue weighted by molar-refractivity contribution is -0.873. The lowest BCUT2D eigenvalue weighted by Crippen LogP contribution is -2.53. The number of likely N-dealkylation sites (N-methyl/N-ethyl adjacent to an activating group) is 1. The van der Waals surface area contributed by atoms with Crippen LogP contribution in [0.1, 0.15) is 76.0 Å². The second-order valence-corrected chi connectivity index (χ2v) is 11.8. The molecule has 2 aliphatic carbocycles. The maximum atomic E-state index is 10.4. The summed E-state index contributed by atoms with van der Waals surface area (Å²) in [4.78, 5) is 0. The maximum absolute atomic E-state index is 10.4. The van der Waals surface area contributed by atoms with Crippen LogP contribution < -0.4 is 5.32 Å². The first-order valence-electron chi connectivity index (χ1n) is 11.8. The highest BCUT2D eigenvalue weighted by molar-refractivity contribution is 5.42. The fourth-order valence-electron chi connectivity index (χ4n) is 6.44. The third-order valence-corrected chi connectivity index (χ3v) is 7.84. The molecule has 1 saturated carbocycles. The molecule has 29 heavy (non-hydrogen) atoms. The van der Waals surface area contributed by atoms with E-state index in [2.05, 4.69) is 72.4 Å². The van der Waals surface area contributed by atoms with Crippen molar-refractivity contribution in [3.8, 4) is 0 Å². The van der Waals surface area contributed by atoms with E-state index in [1.807, 2.05) is 0 Å². The van der Waals surface area contributed by atoms with Crippen molar-refractivity contribution < 1.29 is 9.59 Å². The molecule has 0 bridgehead atoms. The number of hydrogen-bond acceptors (Lipinski definition) is 2. The molecule has 1 aromatic carbocycles. The molecule has 3 heteroatoms. The molecule has 0 heterocycles. The van der Waals surface area contributed by atoms with Gasteiger partial charge in [0.05, 0.1) is 21.1 Å². The van der Waals surface area contributed by atoms with E-state index in [1.165, 1.54) is 37.7 Å². The SMILES string of the molecule is CC(C)c1ccc2c(c1)CC[C@H]1[C@](C)(CNCC(O)C[N+](C)(C)C)CCC[C@]21C. The summed E-state index contributed by atoms with van der Waals surface area (Å²) < 4.78 is 0.802. The molecule has 2 N–H and O–H groups in total. The van der Waals surface area contributed by atoms with E-state index in [0.29, 0.717) is 29.2 Å². The highest BCUT2D eigenvalue weighted by atomic mass is 16.3. The topological polar surface area (TPSA) is 32.3 Å². The van der Waals surface area contributed by atoms with Gasteiger partial charge in [-0.3, -0.25) is 0 Å². The fourth-order valence-corrected chi connectivity index (χ4v) is 6.44. The van der Waals surface area contributed by atoms with Crippen molar-refractivity contribution in [1.82, 2.24) is 5.32 Å². The van der Waals surface area contributed by atoms with E-state index in [9.17, 15) is 5.11 Å². The number of benzene rings is 1. The Balaban J connectivity index is 1.73. The molecular weight excluding hydrogens is 356 g/mol. The third-order valence-electron chi connectivity index (χ3n) is 7.84. The highest BCUT2D eigenvalue weighted by Crippen LogP contribution is 2.57. The molecule has 3 nitrogen and oxygen atoms in total. The Morgan fingerprint density at radius 2 is 1.90 bits per heavy atom. The molecule has 1 fully saturated rings. The van der Waals surface area contributed by atoms with Crippen LogP contribution in [0.4, 0.5) is 0 Å². The van der Waals surface area contributed by atoms with Gasteiger partial charge in [-0.2, -0.15) is 0 Å². The maximum Gasteiger partial charge on any atom is 0.115 e. The van der Waals surface area contributed by atoms with Crippen LogP contribution in [0.2, 0.25) is 0 Å². The van der Waals surface area contributed by atoms with Gasteiger partial charge in [0.25, 0.3) is 0 Å². The first-order chi connectivity index (χ1) is 13.4. The summed E-state index contributed by atoms with van der Waals surface area (Å²) in [5.74, 6) is 1.31. The van der Waals surface area contributed by atoms with Crippen LogP contribution in [0.3, 0.4) is 0 Å². The van der Waals surface area contributed by atoms with Crippen LogP contribution in [0.5, 0.6) is 0 Å². The molecule has 0 aromatic heterocycles. The van der Waals surface area contributed by atoms with Gasteiger partial charge in [0.1, 0.15) is 12.6 Å². The predicted molar refractivity (Wildman–Crippen MR) is 123 cm³/mol. The lowest BCUT2D eigenvalue weighted by Gasteiger charge is -2.56. The zero-order valence-corrected chi connectivity index (χ0v) is 20.0. The summed E-state index contributed by atoms with van der Waals surface area (Å²) >= 11 is 0. The fraction of sp³-hybridized carbons (Fsp3) is 0.769. The third kappa shape index (κ3) is 4.89. The predicted octanol–water partition coefficient (Wildman–Crippen LogP) is 4.48. The average molecular weight is 402 g/mol. The van der Waals surface area contributed by atoms with Crippen molar-refractivity contribution in [2.24, 2.45) is 11.3 Å². The first kappa shape index (κ1) is 22.8. The molecule has 0 saturated heterocycles. The number of rotatable bonds is 7. The summed E-state index contributed by atoms with van der Waals surface area (Å²) in [5, 5.41) is 14.1. The molecule has 0 amide bonds. The minimum Gasteiger partial charge on any atom is -0.386 e. The number of quaternary nitrogens is 1. The molecule has 0 spiro atoms. The molecule has 4 atom stereocenters. The average Bonchev–Trinajstić information content (AvgIpc) is 2.59. The highest BCUT2D eigenvalue weighted by Gasteiger charge is 2.51. The van der Waals surface area contributed by atoms with Gasteiger partial charge >= 0.3 is 0 Å². The molecule has 1 aromatic rings.